The summed E-state index contributed by atoms with van der Waals surface area (Å²) in [4.78, 5) is 0. The molecule has 0 heterocycles. The van der Waals surface area contributed by atoms with Crippen molar-refractivity contribution in [3.63, 3.8) is 0 Å². The van der Waals surface area contributed by atoms with E-state index in [0.717, 1.165) is 25.7 Å². The molecule has 0 aliphatic heterocycles. The number of fused-ring (bicyclic) bond motifs is 2. The molecule has 0 spiro atoms. The van der Waals surface area contributed by atoms with Gasteiger partial charge in [-0.05, 0) is 25.0 Å². The number of ether oxygens (including phenoxy) is 2. The molecule has 3 aromatic rings. The molecule has 0 aliphatic rings. The van der Waals surface area contributed by atoms with Gasteiger partial charge in [0.15, 0.2) is 11.5 Å². The quantitative estimate of drug-likeness (QED) is 0.0880. The fourth-order valence-electron chi connectivity index (χ4n) is 5.20. The van der Waals surface area contributed by atoms with E-state index in [4.69, 9.17) is 9.47 Å². The third-order valence-electron chi connectivity index (χ3n) is 7.54. The van der Waals surface area contributed by atoms with Gasteiger partial charge in [-0.1, -0.05) is 128 Å². The van der Waals surface area contributed by atoms with Gasteiger partial charge in [-0.25, -0.2) is 0 Å². The van der Waals surface area contributed by atoms with Gasteiger partial charge in [0.1, 0.15) is 11.5 Å². The minimum absolute atomic E-state index is 0.167. The molecule has 210 valence electrons. The van der Waals surface area contributed by atoms with Crippen LogP contribution in [0.1, 0.15) is 117 Å². The van der Waals surface area contributed by atoms with Gasteiger partial charge in [-0.15, -0.1) is 0 Å². The molecular formula is C34H50O4. The van der Waals surface area contributed by atoms with Gasteiger partial charge in [-0.2, -0.15) is 0 Å². The highest BCUT2D eigenvalue weighted by atomic mass is 16.5. The Bertz CT molecular complexity index is 1000. The van der Waals surface area contributed by atoms with E-state index in [1.165, 1.54) is 77.0 Å². The van der Waals surface area contributed by atoms with E-state index in [0.29, 0.717) is 46.3 Å². The van der Waals surface area contributed by atoms with E-state index in [9.17, 15) is 10.2 Å². The van der Waals surface area contributed by atoms with Crippen LogP contribution >= 0.6 is 0 Å². The topological polar surface area (TPSA) is 58.9 Å². The van der Waals surface area contributed by atoms with Gasteiger partial charge in [0, 0.05) is 21.5 Å². The number of benzene rings is 3. The second kappa shape index (κ2) is 17.1. The summed E-state index contributed by atoms with van der Waals surface area (Å²) in [5.41, 5.74) is 0. The summed E-state index contributed by atoms with van der Waals surface area (Å²) in [6.07, 6.45) is 20.0. The lowest BCUT2D eigenvalue weighted by Gasteiger charge is -2.16. The number of rotatable bonds is 20. The third kappa shape index (κ3) is 8.99. The highest BCUT2D eigenvalue weighted by molar-refractivity contribution is 6.11. The average Bonchev–Trinajstić information content (AvgIpc) is 2.94. The Labute approximate surface area is 230 Å². The highest BCUT2D eigenvalue weighted by Gasteiger charge is 2.17. The van der Waals surface area contributed by atoms with E-state index in [1.807, 2.05) is 36.4 Å². The van der Waals surface area contributed by atoms with Crippen LogP contribution in [0.5, 0.6) is 23.0 Å². The zero-order chi connectivity index (χ0) is 27.0. The number of hydrogen-bond acceptors (Lipinski definition) is 4. The van der Waals surface area contributed by atoms with Gasteiger partial charge in [0.25, 0.3) is 0 Å². The van der Waals surface area contributed by atoms with E-state index in [1.54, 1.807) is 0 Å². The normalized spacial score (nSPS) is 11.4. The summed E-state index contributed by atoms with van der Waals surface area (Å²) in [6.45, 7) is 5.74. The smallest absolute Gasteiger partial charge is 0.161 e. The summed E-state index contributed by atoms with van der Waals surface area (Å²) in [6, 6.07) is 11.1. The molecule has 0 saturated heterocycles. The zero-order valence-corrected chi connectivity index (χ0v) is 23.9. The van der Waals surface area contributed by atoms with Crippen LogP contribution in [-0.4, -0.2) is 23.4 Å². The average molecular weight is 523 g/mol. The molecule has 0 aromatic heterocycles. The lowest BCUT2D eigenvalue weighted by Crippen LogP contribution is -2.03. The Balaban J connectivity index is 1.64. The maximum Gasteiger partial charge on any atom is 0.161 e. The third-order valence-corrected chi connectivity index (χ3v) is 7.54. The molecule has 0 atom stereocenters. The second-order valence-electron chi connectivity index (χ2n) is 10.7. The van der Waals surface area contributed by atoms with Gasteiger partial charge in [0.05, 0.1) is 13.2 Å². The summed E-state index contributed by atoms with van der Waals surface area (Å²) >= 11 is 0. The molecule has 0 unspecified atom stereocenters. The lowest BCUT2D eigenvalue weighted by atomic mass is 10.00. The summed E-state index contributed by atoms with van der Waals surface area (Å²) in [5, 5.41) is 24.5. The molecule has 0 bridgehead atoms. The maximum atomic E-state index is 11.0. The number of aromatic hydroxyl groups is 2. The Hall–Kier alpha value is -2.62. The Kier molecular flexibility index (Phi) is 13.4. The summed E-state index contributed by atoms with van der Waals surface area (Å²) in [7, 11) is 0. The number of phenols is 2. The predicted octanol–water partition coefficient (Wildman–Crippen LogP) is 10.4. The van der Waals surface area contributed by atoms with Crippen molar-refractivity contribution >= 4 is 21.5 Å². The van der Waals surface area contributed by atoms with Gasteiger partial charge in [0.2, 0.25) is 0 Å². The van der Waals surface area contributed by atoms with E-state index in [-0.39, 0.29) is 11.5 Å². The van der Waals surface area contributed by atoms with Crippen molar-refractivity contribution in [3.8, 4) is 23.0 Å². The minimum atomic E-state index is 0.167. The lowest BCUT2D eigenvalue weighted by molar-refractivity contribution is 0.259. The van der Waals surface area contributed by atoms with Crippen LogP contribution in [0, 0.1) is 0 Å². The highest BCUT2D eigenvalue weighted by Crippen LogP contribution is 2.45. The van der Waals surface area contributed by atoms with Crippen molar-refractivity contribution in [2.75, 3.05) is 13.2 Å². The first-order valence-corrected chi connectivity index (χ1v) is 15.3. The molecule has 38 heavy (non-hydrogen) atoms. The first kappa shape index (κ1) is 29.9. The number of phenolic OH excluding ortho intramolecular Hbond substituents is 2. The molecule has 3 aromatic carbocycles. The largest absolute Gasteiger partial charge is 0.507 e. The molecular weight excluding hydrogens is 472 g/mol. The van der Waals surface area contributed by atoms with Crippen LogP contribution in [0.3, 0.4) is 0 Å². The fourth-order valence-corrected chi connectivity index (χ4v) is 5.20. The molecule has 0 amide bonds. The van der Waals surface area contributed by atoms with Gasteiger partial charge < -0.3 is 19.7 Å². The molecule has 3 rings (SSSR count). The number of hydrogen-bond donors (Lipinski definition) is 2. The molecule has 0 fully saturated rings. The minimum Gasteiger partial charge on any atom is -0.507 e. The maximum absolute atomic E-state index is 11.0. The van der Waals surface area contributed by atoms with E-state index >= 15 is 0 Å². The summed E-state index contributed by atoms with van der Waals surface area (Å²) in [5.74, 6) is 1.62. The Morgan fingerprint density at radius 3 is 1.18 bits per heavy atom. The molecule has 0 aliphatic carbocycles. The van der Waals surface area contributed by atoms with Crippen molar-refractivity contribution in [2.45, 2.75) is 117 Å². The van der Waals surface area contributed by atoms with Crippen molar-refractivity contribution in [1.82, 2.24) is 0 Å². The molecule has 0 radical (unpaired) electrons. The zero-order valence-electron chi connectivity index (χ0n) is 23.9. The van der Waals surface area contributed by atoms with Crippen molar-refractivity contribution < 1.29 is 19.7 Å². The van der Waals surface area contributed by atoms with Crippen LogP contribution in [0.2, 0.25) is 0 Å². The monoisotopic (exact) mass is 522 g/mol. The van der Waals surface area contributed by atoms with Crippen molar-refractivity contribution in [1.29, 1.82) is 0 Å². The molecule has 0 saturated carbocycles. The number of unbranched alkanes of at least 4 members (excludes halogenated alkanes) is 14. The predicted molar refractivity (Wildman–Crippen MR) is 161 cm³/mol. The van der Waals surface area contributed by atoms with Crippen LogP contribution in [-0.2, 0) is 0 Å². The van der Waals surface area contributed by atoms with Gasteiger partial charge in [-0.3, -0.25) is 0 Å². The first-order chi connectivity index (χ1) is 18.7. The van der Waals surface area contributed by atoms with Gasteiger partial charge >= 0.3 is 0 Å². The van der Waals surface area contributed by atoms with E-state index < -0.39 is 0 Å². The fraction of sp³-hybridized carbons (Fsp3) is 0.588. The molecule has 4 heteroatoms. The van der Waals surface area contributed by atoms with Crippen LogP contribution in [0.25, 0.3) is 21.5 Å². The molecule has 2 N–H and O–H groups in total. The second-order valence-corrected chi connectivity index (χ2v) is 10.7. The van der Waals surface area contributed by atoms with Crippen molar-refractivity contribution in [2.24, 2.45) is 0 Å². The van der Waals surface area contributed by atoms with Crippen molar-refractivity contribution in [3.05, 3.63) is 36.4 Å². The Morgan fingerprint density at radius 2 is 0.816 bits per heavy atom. The summed E-state index contributed by atoms with van der Waals surface area (Å²) < 4.78 is 12.4. The van der Waals surface area contributed by atoms with Crippen LogP contribution < -0.4 is 9.47 Å². The SMILES string of the molecule is CCCCCCCCCCOc1cc2c(O)c3ccccc3c(O)c2cc1OCCCCCCCCCC. The molecule has 4 nitrogen and oxygen atoms in total. The first-order valence-electron chi connectivity index (χ1n) is 15.3. The van der Waals surface area contributed by atoms with Crippen LogP contribution in [0.15, 0.2) is 36.4 Å². The van der Waals surface area contributed by atoms with E-state index in [2.05, 4.69) is 13.8 Å². The standard InChI is InChI=1S/C34H50O4/c1-3-5-7-9-11-13-15-19-23-37-31-25-29-30(34(36)28-22-18-17-21-27(28)33(29)35)26-32(31)38-24-20-16-14-12-10-8-6-4-2/h17-18,21-22,25-26,35-36H,3-16,19-20,23-24H2,1-2H3. The van der Waals surface area contributed by atoms with Crippen LogP contribution in [0.4, 0.5) is 0 Å². The Morgan fingerprint density at radius 1 is 0.474 bits per heavy atom.